The molecule has 0 heterocycles. The molecule has 1 amide bonds. The van der Waals surface area contributed by atoms with Crippen molar-refractivity contribution in [2.75, 3.05) is 5.32 Å². The van der Waals surface area contributed by atoms with Crippen molar-refractivity contribution in [2.45, 2.75) is 20.0 Å². The van der Waals surface area contributed by atoms with E-state index in [4.69, 9.17) is 16.3 Å². The number of aryl methyl sites for hydroxylation is 1. The highest BCUT2D eigenvalue weighted by Crippen LogP contribution is 2.19. The maximum atomic E-state index is 12.3. The van der Waals surface area contributed by atoms with Crippen LogP contribution in [0.4, 0.5) is 5.69 Å². The van der Waals surface area contributed by atoms with Crippen LogP contribution in [-0.4, -0.2) is 5.91 Å². The lowest BCUT2D eigenvalue weighted by Crippen LogP contribution is -2.11. The zero-order chi connectivity index (χ0) is 18.4. The number of anilines is 1. The summed E-state index contributed by atoms with van der Waals surface area (Å²) >= 11 is 6.12. The molecular weight excluding hydrogens is 346 g/mol. The summed E-state index contributed by atoms with van der Waals surface area (Å²) in [5.74, 6) is 0.542. The molecule has 132 valence electrons. The van der Waals surface area contributed by atoms with Gasteiger partial charge in [0.15, 0.2) is 0 Å². The van der Waals surface area contributed by atoms with E-state index in [0.717, 1.165) is 17.7 Å². The highest BCUT2D eigenvalue weighted by atomic mass is 35.5. The largest absolute Gasteiger partial charge is 0.489 e. The number of carbonyl (C=O) groups is 1. The molecule has 0 saturated heterocycles. The third-order valence-corrected chi connectivity index (χ3v) is 4.46. The van der Waals surface area contributed by atoms with Crippen molar-refractivity contribution in [1.29, 1.82) is 0 Å². The van der Waals surface area contributed by atoms with Crippen LogP contribution in [0.15, 0.2) is 72.8 Å². The Morgan fingerprint density at radius 1 is 0.962 bits per heavy atom. The van der Waals surface area contributed by atoms with Gasteiger partial charge in [-0.25, -0.2) is 0 Å². The minimum Gasteiger partial charge on any atom is -0.489 e. The first kappa shape index (κ1) is 18.0. The molecule has 0 unspecified atom stereocenters. The third kappa shape index (κ3) is 4.64. The Morgan fingerprint density at radius 2 is 1.65 bits per heavy atom. The van der Waals surface area contributed by atoms with Crippen LogP contribution in [-0.2, 0) is 13.0 Å². The Morgan fingerprint density at radius 3 is 2.31 bits per heavy atom. The number of rotatable bonds is 6. The first-order valence-electron chi connectivity index (χ1n) is 8.52. The molecule has 0 radical (unpaired) electrons. The summed E-state index contributed by atoms with van der Waals surface area (Å²) < 4.78 is 5.74. The van der Waals surface area contributed by atoms with Gasteiger partial charge in [-0.05, 0) is 54.4 Å². The van der Waals surface area contributed by atoms with E-state index in [-0.39, 0.29) is 5.91 Å². The van der Waals surface area contributed by atoms with Crippen LogP contribution >= 0.6 is 11.6 Å². The fraction of sp³-hybridized carbons (Fsp3) is 0.136. The molecule has 0 atom stereocenters. The molecule has 0 aromatic heterocycles. The van der Waals surface area contributed by atoms with Crippen LogP contribution in [0.5, 0.6) is 5.75 Å². The normalized spacial score (nSPS) is 10.4. The van der Waals surface area contributed by atoms with Crippen molar-refractivity contribution < 1.29 is 9.53 Å². The number of nitrogens with one attached hydrogen (secondary N) is 1. The summed E-state index contributed by atoms with van der Waals surface area (Å²) in [6.45, 7) is 2.48. The van der Waals surface area contributed by atoms with Gasteiger partial charge in [0.25, 0.3) is 5.91 Å². The molecule has 0 aliphatic carbocycles. The summed E-state index contributed by atoms with van der Waals surface area (Å²) in [4.78, 5) is 12.3. The molecule has 3 nitrogen and oxygen atoms in total. The van der Waals surface area contributed by atoms with E-state index in [0.29, 0.717) is 22.9 Å². The zero-order valence-electron chi connectivity index (χ0n) is 14.5. The van der Waals surface area contributed by atoms with Gasteiger partial charge in [0.1, 0.15) is 12.4 Å². The van der Waals surface area contributed by atoms with Crippen LogP contribution in [0.2, 0.25) is 5.02 Å². The van der Waals surface area contributed by atoms with Crippen LogP contribution in [0.25, 0.3) is 0 Å². The molecule has 4 heteroatoms. The lowest BCUT2D eigenvalue weighted by molar-refractivity contribution is 0.102. The van der Waals surface area contributed by atoms with Crippen LogP contribution in [0, 0.1) is 0 Å². The molecule has 3 aromatic rings. The predicted octanol–water partition coefficient (Wildman–Crippen LogP) is 5.73. The van der Waals surface area contributed by atoms with Gasteiger partial charge >= 0.3 is 0 Å². The van der Waals surface area contributed by atoms with Crippen LogP contribution in [0.1, 0.15) is 28.4 Å². The Bertz CT molecular complexity index is 873. The molecule has 26 heavy (non-hydrogen) atoms. The fourth-order valence-corrected chi connectivity index (χ4v) is 2.70. The Labute approximate surface area is 158 Å². The molecule has 3 aromatic carbocycles. The maximum absolute atomic E-state index is 12.3. The van der Waals surface area contributed by atoms with Gasteiger partial charge in [0.05, 0.1) is 0 Å². The van der Waals surface area contributed by atoms with E-state index in [1.54, 1.807) is 24.3 Å². The van der Waals surface area contributed by atoms with E-state index >= 15 is 0 Å². The van der Waals surface area contributed by atoms with Gasteiger partial charge in [-0.15, -0.1) is 0 Å². The van der Waals surface area contributed by atoms with E-state index in [1.165, 1.54) is 5.56 Å². The predicted molar refractivity (Wildman–Crippen MR) is 106 cm³/mol. The minimum absolute atomic E-state index is 0.146. The summed E-state index contributed by atoms with van der Waals surface area (Å²) in [5.41, 5.74) is 3.52. The van der Waals surface area contributed by atoms with E-state index in [1.807, 2.05) is 48.5 Å². The van der Waals surface area contributed by atoms with E-state index < -0.39 is 0 Å². The number of hydrogen-bond acceptors (Lipinski definition) is 2. The highest BCUT2D eigenvalue weighted by Gasteiger charge is 2.07. The first-order valence-corrected chi connectivity index (χ1v) is 8.90. The monoisotopic (exact) mass is 365 g/mol. The molecule has 0 bridgehead atoms. The third-order valence-electron chi connectivity index (χ3n) is 4.09. The van der Waals surface area contributed by atoms with Crippen molar-refractivity contribution >= 4 is 23.2 Å². The van der Waals surface area contributed by atoms with Gasteiger partial charge in [0, 0.05) is 21.8 Å². The fourth-order valence-electron chi connectivity index (χ4n) is 2.51. The number of carbonyl (C=O) groups excluding carboxylic acids is 1. The smallest absolute Gasteiger partial charge is 0.255 e. The quantitative estimate of drug-likeness (QED) is 0.605. The minimum atomic E-state index is -0.146. The summed E-state index contributed by atoms with van der Waals surface area (Å²) in [7, 11) is 0. The zero-order valence-corrected chi connectivity index (χ0v) is 15.3. The van der Waals surface area contributed by atoms with Gasteiger partial charge in [-0.1, -0.05) is 48.9 Å². The maximum Gasteiger partial charge on any atom is 0.255 e. The molecule has 0 saturated carbocycles. The van der Waals surface area contributed by atoms with E-state index in [2.05, 4.69) is 12.2 Å². The SMILES string of the molecule is CCc1ccc(NC(=O)c2ccc(OCc3ccccc3Cl)cc2)cc1. The summed E-state index contributed by atoms with van der Waals surface area (Å²) in [5, 5.41) is 3.58. The standard InChI is InChI=1S/C22H20ClNO2/c1-2-16-7-11-19(12-8-16)24-22(25)17-9-13-20(14-10-17)26-15-18-5-3-4-6-21(18)23/h3-14H,2,15H2,1H3,(H,24,25). The molecule has 1 N–H and O–H groups in total. The Kier molecular flexibility index (Phi) is 5.92. The van der Waals surface area contributed by atoms with Gasteiger partial charge in [-0.2, -0.15) is 0 Å². The van der Waals surface area contributed by atoms with Crippen molar-refractivity contribution in [3.8, 4) is 5.75 Å². The lowest BCUT2D eigenvalue weighted by Gasteiger charge is -2.09. The van der Waals surface area contributed by atoms with Gasteiger partial charge < -0.3 is 10.1 Å². The van der Waals surface area contributed by atoms with Crippen molar-refractivity contribution in [3.63, 3.8) is 0 Å². The molecule has 0 aliphatic heterocycles. The van der Waals surface area contributed by atoms with Crippen molar-refractivity contribution in [3.05, 3.63) is 94.5 Å². The molecular formula is C22H20ClNO2. The number of ether oxygens (including phenoxy) is 1. The lowest BCUT2D eigenvalue weighted by atomic mass is 10.1. The van der Waals surface area contributed by atoms with Gasteiger partial charge in [0.2, 0.25) is 0 Å². The van der Waals surface area contributed by atoms with Crippen molar-refractivity contribution in [1.82, 2.24) is 0 Å². The van der Waals surface area contributed by atoms with Crippen LogP contribution in [0.3, 0.4) is 0 Å². The van der Waals surface area contributed by atoms with E-state index in [9.17, 15) is 4.79 Å². The van der Waals surface area contributed by atoms with Crippen molar-refractivity contribution in [2.24, 2.45) is 0 Å². The molecule has 0 aliphatic rings. The average molecular weight is 366 g/mol. The van der Waals surface area contributed by atoms with Gasteiger partial charge in [-0.3, -0.25) is 4.79 Å². The molecule has 0 spiro atoms. The number of amides is 1. The number of benzene rings is 3. The van der Waals surface area contributed by atoms with Crippen LogP contribution < -0.4 is 10.1 Å². The summed E-state index contributed by atoms with van der Waals surface area (Å²) in [6.07, 6.45) is 0.976. The second-order valence-corrected chi connectivity index (χ2v) is 6.32. The Hall–Kier alpha value is -2.78. The second-order valence-electron chi connectivity index (χ2n) is 5.91. The highest BCUT2D eigenvalue weighted by molar-refractivity contribution is 6.31. The molecule has 0 fully saturated rings. The topological polar surface area (TPSA) is 38.3 Å². The first-order chi connectivity index (χ1) is 12.7. The number of hydrogen-bond donors (Lipinski definition) is 1. The average Bonchev–Trinajstić information content (AvgIpc) is 2.68. The molecule has 3 rings (SSSR count). The number of halogens is 1. The summed E-state index contributed by atoms with van der Waals surface area (Å²) in [6, 6.07) is 22.5. The Balaban J connectivity index is 1.59. The second kappa shape index (κ2) is 8.54.